The molecule has 1 unspecified atom stereocenters. The first-order chi connectivity index (χ1) is 9.42. The van der Waals surface area contributed by atoms with E-state index in [2.05, 4.69) is 20.7 Å². The number of anilines is 2. The molecule has 1 aromatic rings. The predicted molar refractivity (Wildman–Crippen MR) is 69.9 cm³/mol. The first-order valence-electron chi connectivity index (χ1n) is 6.61. The smallest absolute Gasteiger partial charge is 0.367 e. The summed E-state index contributed by atoms with van der Waals surface area (Å²) in [6, 6.07) is 1.03. The average Bonchev–Trinajstić information content (AvgIpc) is 3.20. The van der Waals surface area contributed by atoms with Gasteiger partial charge in [0.15, 0.2) is 5.69 Å². The Balaban J connectivity index is 2.16. The van der Waals surface area contributed by atoms with Gasteiger partial charge in [0.25, 0.3) is 0 Å². The molecule has 8 heteroatoms. The number of hydrogen-bond donors (Lipinski definition) is 3. The number of halogens is 3. The normalized spacial score (nSPS) is 16.9. The molecule has 4 N–H and O–H groups in total. The highest BCUT2D eigenvalue weighted by atomic mass is 19.4. The summed E-state index contributed by atoms with van der Waals surface area (Å²) in [5.74, 6) is 5.70. The van der Waals surface area contributed by atoms with Gasteiger partial charge in [0.2, 0.25) is 5.95 Å². The lowest BCUT2D eigenvalue weighted by atomic mass is 10.1. The standard InChI is InChI=1S/C12H18F3N5/c1-2-8(5-7-3-4-7)17-10-6-9(12(13,14)15)18-11(19-10)20-16/h6-8H,2-5,16H2,1H3,(H2,17,18,19,20). The van der Waals surface area contributed by atoms with E-state index in [9.17, 15) is 13.2 Å². The van der Waals surface area contributed by atoms with E-state index >= 15 is 0 Å². The van der Waals surface area contributed by atoms with Gasteiger partial charge in [0.05, 0.1) is 0 Å². The van der Waals surface area contributed by atoms with E-state index in [4.69, 9.17) is 5.84 Å². The fourth-order valence-corrected chi connectivity index (χ4v) is 2.02. The largest absolute Gasteiger partial charge is 0.433 e. The van der Waals surface area contributed by atoms with Crippen LogP contribution >= 0.6 is 0 Å². The molecular formula is C12H18F3N5. The number of nitrogens with one attached hydrogen (secondary N) is 2. The van der Waals surface area contributed by atoms with E-state index < -0.39 is 11.9 Å². The van der Waals surface area contributed by atoms with Crippen molar-refractivity contribution in [2.24, 2.45) is 11.8 Å². The SMILES string of the molecule is CCC(CC1CC1)Nc1cc(C(F)(F)F)nc(NN)n1. The second kappa shape index (κ2) is 5.82. The van der Waals surface area contributed by atoms with Crippen molar-refractivity contribution in [3.05, 3.63) is 11.8 Å². The van der Waals surface area contributed by atoms with Gasteiger partial charge in [0.1, 0.15) is 5.82 Å². The van der Waals surface area contributed by atoms with Crippen LogP contribution in [0.4, 0.5) is 24.9 Å². The number of rotatable bonds is 6. The van der Waals surface area contributed by atoms with E-state index in [-0.39, 0.29) is 17.8 Å². The van der Waals surface area contributed by atoms with Gasteiger partial charge in [-0.25, -0.2) is 10.8 Å². The summed E-state index contributed by atoms with van der Waals surface area (Å²) in [4.78, 5) is 7.24. The molecule has 0 amide bonds. The summed E-state index contributed by atoms with van der Waals surface area (Å²) in [5, 5.41) is 3.04. The second-order valence-corrected chi connectivity index (χ2v) is 5.03. The molecule has 1 aliphatic rings. The van der Waals surface area contributed by atoms with Crippen LogP contribution in [0, 0.1) is 5.92 Å². The van der Waals surface area contributed by atoms with Gasteiger partial charge in [-0.2, -0.15) is 18.2 Å². The molecule has 1 atom stereocenters. The molecule has 1 saturated carbocycles. The molecule has 1 fully saturated rings. The molecule has 1 aliphatic carbocycles. The van der Waals surface area contributed by atoms with Crippen LogP contribution in [0.15, 0.2) is 6.07 Å². The van der Waals surface area contributed by atoms with Gasteiger partial charge >= 0.3 is 6.18 Å². The maximum absolute atomic E-state index is 12.7. The lowest BCUT2D eigenvalue weighted by Gasteiger charge is -2.18. The van der Waals surface area contributed by atoms with Crippen LogP contribution in [0.25, 0.3) is 0 Å². The van der Waals surface area contributed by atoms with Gasteiger partial charge < -0.3 is 5.32 Å². The number of nitrogen functional groups attached to an aromatic ring is 1. The fourth-order valence-electron chi connectivity index (χ4n) is 2.02. The van der Waals surface area contributed by atoms with Crippen molar-refractivity contribution in [1.82, 2.24) is 9.97 Å². The Morgan fingerprint density at radius 1 is 1.40 bits per heavy atom. The molecule has 1 heterocycles. The molecular weight excluding hydrogens is 271 g/mol. The van der Waals surface area contributed by atoms with E-state index in [1.807, 2.05) is 6.92 Å². The third-order valence-corrected chi connectivity index (χ3v) is 3.31. The molecule has 2 rings (SSSR count). The number of hydrazine groups is 1. The predicted octanol–water partition coefficient (Wildman–Crippen LogP) is 2.77. The number of nitrogens with zero attached hydrogens (tertiary/aromatic N) is 2. The second-order valence-electron chi connectivity index (χ2n) is 5.03. The van der Waals surface area contributed by atoms with E-state index in [0.717, 1.165) is 18.9 Å². The van der Waals surface area contributed by atoms with Crippen LogP contribution in [0.5, 0.6) is 0 Å². The topological polar surface area (TPSA) is 75.9 Å². The Morgan fingerprint density at radius 2 is 2.10 bits per heavy atom. The molecule has 1 aromatic heterocycles. The van der Waals surface area contributed by atoms with Crippen LogP contribution in [0.3, 0.4) is 0 Å². The van der Waals surface area contributed by atoms with Gasteiger partial charge in [-0.15, -0.1) is 0 Å². The van der Waals surface area contributed by atoms with Crippen molar-refractivity contribution in [2.45, 2.75) is 44.8 Å². The van der Waals surface area contributed by atoms with Gasteiger partial charge in [-0.1, -0.05) is 19.8 Å². The van der Waals surface area contributed by atoms with Crippen LogP contribution in [-0.4, -0.2) is 16.0 Å². The molecule has 0 aromatic carbocycles. The average molecular weight is 289 g/mol. The van der Waals surface area contributed by atoms with Crippen molar-refractivity contribution < 1.29 is 13.2 Å². The van der Waals surface area contributed by atoms with E-state index in [0.29, 0.717) is 5.92 Å². The molecule has 0 aliphatic heterocycles. The fraction of sp³-hybridized carbons (Fsp3) is 0.667. The summed E-state index contributed by atoms with van der Waals surface area (Å²) in [6.45, 7) is 1.99. The lowest BCUT2D eigenvalue weighted by molar-refractivity contribution is -0.141. The zero-order valence-electron chi connectivity index (χ0n) is 11.2. The highest BCUT2D eigenvalue weighted by Crippen LogP contribution is 2.35. The van der Waals surface area contributed by atoms with Crippen LogP contribution < -0.4 is 16.6 Å². The highest BCUT2D eigenvalue weighted by molar-refractivity contribution is 5.43. The Morgan fingerprint density at radius 3 is 2.60 bits per heavy atom. The zero-order valence-corrected chi connectivity index (χ0v) is 11.2. The summed E-state index contributed by atoms with van der Waals surface area (Å²) in [5.41, 5.74) is 1.05. The first kappa shape index (κ1) is 14.8. The van der Waals surface area contributed by atoms with Crippen LogP contribution in [-0.2, 0) is 6.18 Å². The summed E-state index contributed by atoms with van der Waals surface area (Å²) >= 11 is 0. The Bertz CT molecular complexity index is 459. The number of alkyl halides is 3. The number of aromatic nitrogens is 2. The summed E-state index contributed by atoms with van der Waals surface area (Å²) < 4.78 is 38.2. The van der Waals surface area contributed by atoms with Crippen molar-refractivity contribution in [3.63, 3.8) is 0 Å². The Kier molecular flexibility index (Phi) is 4.32. The molecule has 0 spiro atoms. The van der Waals surface area contributed by atoms with Gasteiger partial charge in [0, 0.05) is 12.1 Å². The molecule has 112 valence electrons. The minimum Gasteiger partial charge on any atom is -0.367 e. The molecule has 0 bridgehead atoms. The quantitative estimate of drug-likeness (QED) is 0.554. The van der Waals surface area contributed by atoms with Crippen molar-refractivity contribution in [3.8, 4) is 0 Å². The Hall–Kier alpha value is -1.57. The van der Waals surface area contributed by atoms with Crippen molar-refractivity contribution in [2.75, 3.05) is 10.7 Å². The lowest BCUT2D eigenvalue weighted by Crippen LogP contribution is -2.22. The number of hydrogen-bond acceptors (Lipinski definition) is 5. The highest BCUT2D eigenvalue weighted by Gasteiger charge is 2.34. The van der Waals surface area contributed by atoms with E-state index in [1.54, 1.807) is 0 Å². The maximum Gasteiger partial charge on any atom is 0.433 e. The van der Waals surface area contributed by atoms with Crippen molar-refractivity contribution in [1.29, 1.82) is 0 Å². The van der Waals surface area contributed by atoms with Gasteiger partial charge in [-0.3, -0.25) is 5.43 Å². The first-order valence-corrected chi connectivity index (χ1v) is 6.61. The number of nitrogens with two attached hydrogens (primary N) is 1. The maximum atomic E-state index is 12.7. The van der Waals surface area contributed by atoms with Crippen LogP contribution in [0.2, 0.25) is 0 Å². The van der Waals surface area contributed by atoms with Crippen LogP contribution in [0.1, 0.15) is 38.3 Å². The van der Waals surface area contributed by atoms with E-state index in [1.165, 1.54) is 12.8 Å². The molecule has 0 saturated heterocycles. The molecule has 5 nitrogen and oxygen atoms in total. The zero-order chi connectivity index (χ0) is 14.8. The summed E-state index contributed by atoms with van der Waals surface area (Å²) in [6.07, 6.45) is -0.347. The Labute approximate surface area is 115 Å². The third kappa shape index (κ3) is 3.96. The third-order valence-electron chi connectivity index (χ3n) is 3.31. The minimum absolute atomic E-state index is 0.115. The summed E-state index contributed by atoms with van der Waals surface area (Å²) in [7, 11) is 0. The van der Waals surface area contributed by atoms with Gasteiger partial charge in [-0.05, 0) is 18.8 Å². The molecule has 0 radical (unpaired) electrons. The minimum atomic E-state index is -4.52. The van der Waals surface area contributed by atoms with Crippen molar-refractivity contribution >= 4 is 11.8 Å². The monoisotopic (exact) mass is 289 g/mol. The molecule has 20 heavy (non-hydrogen) atoms.